The molecule has 0 saturated heterocycles. The summed E-state index contributed by atoms with van der Waals surface area (Å²) in [7, 11) is 0. The Kier molecular flexibility index (Phi) is 7.75. The average molecular weight is 515 g/mol. The zero-order valence-electron chi connectivity index (χ0n) is 21.1. The van der Waals surface area contributed by atoms with Gasteiger partial charge in [0, 0.05) is 43.3 Å². The zero-order chi connectivity index (χ0) is 27.7. The highest BCUT2D eigenvalue weighted by atomic mass is 16.5. The van der Waals surface area contributed by atoms with Crippen LogP contribution in [0.2, 0.25) is 0 Å². The van der Waals surface area contributed by atoms with Gasteiger partial charge < -0.3 is 30.7 Å². The van der Waals surface area contributed by atoms with Crippen LogP contribution in [-0.2, 0) is 24.6 Å². The zero-order valence-corrected chi connectivity index (χ0v) is 21.1. The summed E-state index contributed by atoms with van der Waals surface area (Å²) in [5.74, 6) is -3.99. The fraction of sp³-hybridized carbons (Fsp3) is 0.423. The highest BCUT2D eigenvalue weighted by molar-refractivity contribution is 6.31. The lowest BCUT2D eigenvalue weighted by Crippen LogP contribution is -2.41. The molecule has 0 saturated carbocycles. The molecule has 0 aromatic heterocycles. The van der Waals surface area contributed by atoms with Crippen LogP contribution in [0.25, 0.3) is 0 Å². The van der Waals surface area contributed by atoms with E-state index in [9.17, 15) is 34.2 Å². The summed E-state index contributed by atoms with van der Waals surface area (Å²) in [6.07, 6.45) is 2.00. The van der Waals surface area contributed by atoms with Crippen molar-refractivity contribution in [2.24, 2.45) is 0 Å². The molecular weight excluding hydrogens is 484 g/mol. The maximum Gasteiger partial charge on any atom is 0.303 e. The van der Waals surface area contributed by atoms with E-state index in [-0.39, 0.29) is 71.3 Å². The molecule has 0 fully saturated rings. The molecule has 1 aromatic rings. The van der Waals surface area contributed by atoms with Crippen LogP contribution in [0.5, 0.6) is 17.2 Å². The standard InChI is InChI=1S/C26H30N2O9/c1-12-22(34)20(14(3)29)24-21(23(12)35)26(4)16(37-24)11-15(30)19(25(26)36)13(2)27-9-5-7-17(31)28-10-6-8-18(32)33/h11,27,34-35H,5-10H2,1-4H3,(H,28,31)(H,32,33)/b19-13+. The summed E-state index contributed by atoms with van der Waals surface area (Å²) in [6.45, 7) is 6.21. The van der Waals surface area contributed by atoms with Gasteiger partial charge in [0.25, 0.3) is 0 Å². The summed E-state index contributed by atoms with van der Waals surface area (Å²) in [5, 5.41) is 35.5. The first-order valence-electron chi connectivity index (χ1n) is 11.8. The van der Waals surface area contributed by atoms with Gasteiger partial charge in [-0.05, 0) is 40.5 Å². The number of carboxylic acids is 1. The molecule has 1 heterocycles. The van der Waals surface area contributed by atoms with Gasteiger partial charge in [0.05, 0.1) is 11.1 Å². The molecule has 1 aliphatic heterocycles. The molecular formula is C26H30N2O9. The summed E-state index contributed by atoms with van der Waals surface area (Å²) in [6, 6.07) is 0. The van der Waals surface area contributed by atoms with E-state index < -0.39 is 40.2 Å². The second kappa shape index (κ2) is 10.5. The van der Waals surface area contributed by atoms with Crippen molar-refractivity contribution < 1.29 is 44.0 Å². The largest absolute Gasteiger partial charge is 0.507 e. The molecule has 0 radical (unpaired) electrons. The number of ketones is 3. The fourth-order valence-corrected chi connectivity index (χ4v) is 4.53. The SMILES string of the molecule is CC(=O)c1c(O)c(C)c(O)c2c1OC1=CC(=O)/C(=C(/C)NCCCC(=O)NCCCC(=O)O)C(=O)C12C. The number of ether oxygens (including phenoxy) is 1. The van der Waals surface area contributed by atoms with Crippen LogP contribution in [0.15, 0.2) is 23.1 Å². The van der Waals surface area contributed by atoms with E-state index in [1.54, 1.807) is 6.92 Å². The molecule has 11 nitrogen and oxygen atoms in total. The Balaban J connectivity index is 1.79. The van der Waals surface area contributed by atoms with E-state index in [0.717, 1.165) is 6.08 Å². The summed E-state index contributed by atoms with van der Waals surface area (Å²) in [5.41, 5.74) is -1.60. The number of phenolic OH excluding ortho intramolecular Hbond substituents is 2. The Morgan fingerprint density at radius 1 is 1.00 bits per heavy atom. The third-order valence-corrected chi connectivity index (χ3v) is 6.62. The van der Waals surface area contributed by atoms with E-state index >= 15 is 0 Å². The number of rotatable bonds is 10. The quantitative estimate of drug-likeness (QED) is 0.134. The molecule has 5 N–H and O–H groups in total. The Morgan fingerprint density at radius 2 is 1.62 bits per heavy atom. The number of amides is 1. The van der Waals surface area contributed by atoms with Crippen LogP contribution >= 0.6 is 0 Å². The smallest absolute Gasteiger partial charge is 0.303 e. The lowest BCUT2D eigenvalue weighted by atomic mass is 9.70. The van der Waals surface area contributed by atoms with Crippen LogP contribution in [0, 0.1) is 6.92 Å². The molecule has 1 aromatic carbocycles. The number of aromatic hydroxyl groups is 2. The Labute approximate surface area is 213 Å². The fourth-order valence-electron chi connectivity index (χ4n) is 4.53. The third-order valence-electron chi connectivity index (χ3n) is 6.62. The molecule has 1 atom stereocenters. The third kappa shape index (κ3) is 4.93. The normalized spacial score (nSPS) is 19.4. The number of nitrogens with one attached hydrogen (secondary N) is 2. The molecule has 1 unspecified atom stereocenters. The predicted molar refractivity (Wildman–Crippen MR) is 130 cm³/mol. The molecule has 3 rings (SSSR count). The molecule has 0 bridgehead atoms. The Morgan fingerprint density at radius 3 is 2.24 bits per heavy atom. The Bertz CT molecular complexity index is 1280. The number of benzene rings is 1. The minimum absolute atomic E-state index is 0.0151. The molecule has 1 amide bonds. The van der Waals surface area contributed by atoms with E-state index in [1.165, 1.54) is 20.8 Å². The van der Waals surface area contributed by atoms with Gasteiger partial charge in [-0.2, -0.15) is 0 Å². The Hall–Kier alpha value is -4.15. The monoisotopic (exact) mass is 514 g/mol. The molecule has 198 valence electrons. The van der Waals surface area contributed by atoms with Crippen molar-refractivity contribution in [3.63, 3.8) is 0 Å². The number of carbonyl (C=O) groups excluding carboxylic acids is 4. The maximum atomic E-state index is 13.7. The molecule has 1 aliphatic carbocycles. The van der Waals surface area contributed by atoms with Crippen LogP contribution < -0.4 is 15.4 Å². The van der Waals surface area contributed by atoms with Crippen molar-refractivity contribution in [3.8, 4) is 17.2 Å². The highest BCUT2D eigenvalue weighted by Crippen LogP contribution is 2.57. The van der Waals surface area contributed by atoms with Gasteiger partial charge in [-0.15, -0.1) is 0 Å². The van der Waals surface area contributed by atoms with E-state index in [2.05, 4.69) is 10.6 Å². The van der Waals surface area contributed by atoms with Crippen molar-refractivity contribution in [1.82, 2.24) is 10.6 Å². The van der Waals surface area contributed by atoms with Gasteiger partial charge in [0.15, 0.2) is 17.3 Å². The molecule has 37 heavy (non-hydrogen) atoms. The second-order valence-corrected chi connectivity index (χ2v) is 9.26. The summed E-state index contributed by atoms with van der Waals surface area (Å²) < 4.78 is 5.73. The van der Waals surface area contributed by atoms with Crippen LogP contribution in [0.3, 0.4) is 0 Å². The summed E-state index contributed by atoms with van der Waals surface area (Å²) in [4.78, 5) is 61.2. The first kappa shape index (κ1) is 27.4. The van der Waals surface area contributed by atoms with E-state index in [1.807, 2.05) is 0 Å². The minimum atomic E-state index is -1.59. The number of Topliss-reactive ketones (excluding diaryl/α,β-unsaturated/α-hetero) is 2. The van der Waals surface area contributed by atoms with E-state index in [4.69, 9.17) is 9.84 Å². The van der Waals surface area contributed by atoms with Gasteiger partial charge in [-0.1, -0.05) is 0 Å². The lowest BCUT2D eigenvalue weighted by Gasteiger charge is -2.29. The highest BCUT2D eigenvalue weighted by Gasteiger charge is 2.56. The van der Waals surface area contributed by atoms with Gasteiger partial charge in [0.1, 0.15) is 34.0 Å². The van der Waals surface area contributed by atoms with Crippen molar-refractivity contribution in [3.05, 3.63) is 39.8 Å². The van der Waals surface area contributed by atoms with Crippen LogP contribution in [0.4, 0.5) is 0 Å². The molecule has 0 spiro atoms. The van der Waals surface area contributed by atoms with E-state index in [0.29, 0.717) is 12.8 Å². The number of phenols is 2. The number of fused-ring (bicyclic) bond motifs is 3. The number of aliphatic carboxylic acids is 1. The van der Waals surface area contributed by atoms with Gasteiger partial charge in [0.2, 0.25) is 5.91 Å². The van der Waals surface area contributed by atoms with Gasteiger partial charge in [-0.25, -0.2) is 0 Å². The maximum absolute atomic E-state index is 13.7. The first-order chi connectivity index (χ1) is 17.3. The van der Waals surface area contributed by atoms with Crippen molar-refractivity contribution in [1.29, 1.82) is 0 Å². The number of allylic oxidation sites excluding steroid dienone is 4. The van der Waals surface area contributed by atoms with Gasteiger partial charge >= 0.3 is 5.97 Å². The topological polar surface area (TPSA) is 179 Å². The van der Waals surface area contributed by atoms with Crippen LogP contribution in [-0.4, -0.2) is 57.6 Å². The van der Waals surface area contributed by atoms with Crippen molar-refractivity contribution >= 4 is 29.2 Å². The number of hydrogen-bond acceptors (Lipinski definition) is 9. The average Bonchev–Trinajstić information content (AvgIpc) is 3.10. The predicted octanol–water partition coefficient (Wildman–Crippen LogP) is 1.92. The molecule has 2 aliphatic rings. The summed E-state index contributed by atoms with van der Waals surface area (Å²) >= 11 is 0. The number of hydrogen-bond donors (Lipinski definition) is 5. The lowest BCUT2D eigenvalue weighted by molar-refractivity contribution is -0.137. The minimum Gasteiger partial charge on any atom is -0.507 e. The number of carboxylic acid groups (broad SMARTS) is 1. The van der Waals surface area contributed by atoms with Crippen molar-refractivity contribution in [2.75, 3.05) is 13.1 Å². The van der Waals surface area contributed by atoms with Crippen molar-refractivity contribution in [2.45, 2.75) is 58.8 Å². The van der Waals surface area contributed by atoms with Gasteiger partial charge in [-0.3, -0.25) is 24.0 Å². The van der Waals surface area contributed by atoms with Crippen LogP contribution in [0.1, 0.15) is 67.9 Å². The molecule has 11 heteroatoms. The number of carbonyl (C=O) groups is 5. The first-order valence-corrected chi connectivity index (χ1v) is 11.8. The second-order valence-electron chi connectivity index (χ2n) is 9.26.